The van der Waals surface area contributed by atoms with Crippen LogP contribution in [-0.2, 0) is 11.3 Å². The maximum atomic E-state index is 10.9. The lowest BCUT2D eigenvalue weighted by atomic mass is 10.2. The number of carboxylic acid groups (broad SMARTS) is 1. The van der Waals surface area contributed by atoms with E-state index >= 15 is 0 Å². The first kappa shape index (κ1) is 13.8. The van der Waals surface area contributed by atoms with Gasteiger partial charge in [0.2, 0.25) is 0 Å². The van der Waals surface area contributed by atoms with Crippen molar-refractivity contribution in [2.45, 2.75) is 19.0 Å². The number of nitrogens with zero attached hydrogens (tertiary/aromatic N) is 2. The molecule has 1 N–H and O–H groups in total. The molecule has 1 saturated heterocycles. The van der Waals surface area contributed by atoms with Crippen LogP contribution in [0.1, 0.15) is 12.1 Å². The van der Waals surface area contributed by atoms with Gasteiger partial charge >= 0.3 is 5.97 Å². The van der Waals surface area contributed by atoms with Crippen molar-refractivity contribution in [2.24, 2.45) is 0 Å². The Morgan fingerprint density at radius 2 is 2.44 bits per heavy atom. The Balaban J connectivity index is 2.00. The Hall–Kier alpha value is -0.590. The maximum absolute atomic E-state index is 10.9. The molecular formula is C12H15BrN2O2S. The van der Waals surface area contributed by atoms with Gasteiger partial charge in [-0.05, 0) is 28.1 Å². The van der Waals surface area contributed by atoms with Gasteiger partial charge in [0.25, 0.3) is 0 Å². The molecule has 98 valence electrons. The van der Waals surface area contributed by atoms with E-state index in [4.69, 9.17) is 5.11 Å². The molecule has 0 amide bonds. The van der Waals surface area contributed by atoms with Crippen LogP contribution in [-0.4, -0.2) is 45.1 Å². The average molecular weight is 331 g/mol. The highest BCUT2D eigenvalue weighted by atomic mass is 79.9. The summed E-state index contributed by atoms with van der Waals surface area (Å²) < 4.78 is 0.961. The number of pyridine rings is 1. The summed E-state index contributed by atoms with van der Waals surface area (Å²) in [5.41, 5.74) is 0.987. The molecule has 1 aromatic heterocycles. The zero-order valence-corrected chi connectivity index (χ0v) is 12.3. The van der Waals surface area contributed by atoms with Crippen molar-refractivity contribution >= 4 is 33.7 Å². The van der Waals surface area contributed by atoms with Crippen LogP contribution in [0.3, 0.4) is 0 Å². The Bertz CT molecular complexity index is 413. The lowest BCUT2D eigenvalue weighted by Crippen LogP contribution is -2.43. The van der Waals surface area contributed by atoms with Crippen LogP contribution in [0.4, 0.5) is 0 Å². The fraction of sp³-hybridized carbons (Fsp3) is 0.500. The Morgan fingerprint density at radius 1 is 1.61 bits per heavy atom. The summed E-state index contributed by atoms with van der Waals surface area (Å²) in [6.45, 7) is 1.66. The highest BCUT2D eigenvalue weighted by Gasteiger charge is 2.25. The van der Waals surface area contributed by atoms with Crippen molar-refractivity contribution < 1.29 is 9.90 Å². The maximum Gasteiger partial charge on any atom is 0.304 e. The van der Waals surface area contributed by atoms with Crippen LogP contribution < -0.4 is 0 Å². The van der Waals surface area contributed by atoms with Gasteiger partial charge in [-0.15, -0.1) is 0 Å². The molecule has 18 heavy (non-hydrogen) atoms. The number of hydrogen-bond acceptors (Lipinski definition) is 4. The van der Waals surface area contributed by atoms with E-state index in [1.165, 1.54) is 0 Å². The predicted molar refractivity (Wildman–Crippen MR) is 75.7 cm³/mol. The molecule has 4 nitrogen and oxygen atoms in total. The van der Waals surface area contributed by atoms with E-state index in [0.29, 0.717) is 0 Å². The standard InChI is InChI=1S/C12H15BrN2O2S/c13-9-1-2-10(14-6-9)7-15-3-4-18-8-11(15)5-12(16)17/h1-2,6,11H,3-5,7-8H2,(H,16,17). The Morgan fingerprint density at radius 3 is 3.11 bits per heavy atom. The highest BCUT2D eigenvalue weighted by Crippen LogP contribution is 2.21. The lowest BCUT2D eigenvalue weighted by Gasteiger charge is -2.34. The zero-order valence-electron chi connectivity index (χ0n) is 9.88. The minimum atomic E-state index is -0.726. The second kappa shape index (κ2) is 6.54. The van der Waals surface area contributed by atoms with Gasteiger partial charge in [0.1, 0.15) is 0 Å². The van der Waals surface area contributed by atoms with E-state index in [1.807, 2.05) is 23.9 Å². The fourth-order valence-corrected chi connectivity index (χ4v) is 3.36. The molecule has 0 radical (unpaired) electrons. The molecule has 0 saturated carbocycles. The Labute approximate surface area is 119 Å². The zero-order chi connectivity index (χ0) is 13.0. The third-order valence-corrected chi connectivity index (χ3v) is 4.47. The van der Waals surface area contributed by atoms with E-state index in [0.717, 1.165) is 34.8 Å². The topological polar surface area (TPSA) is 53.4 Å². The van der Waals surface area contributed by atoms with E-state index in [2.05, 4.69) is 25.8 Å². The SMILES string of the molecule is O=C(O)CC1CSCCN1Cc1ccc(Br)cn1. The molecule has 2 rings (SSSR count). The monoisotopic (exact) mass is 330 g/mol. The number of thioether (sulfide) groups is 1. The number of halogens is 1. The van der Waals surface area contributed by atoms with Gasteiger partial charge in [0, 0.05) is 41.3 Å². The molecule has 1 aliphatic heterocycles. The first-order valence-corrected chi connectivity index (χ1v) is 7.74. The van der Waals surface area contributed by atoms with Crippen molar-refractivity contribution in [2.75, 3.05) is 18.1 Å². The summed E-state index contributed by atoms with van der Waals surface area (Å²) in [4.78, 5) is 17.4. The quantitative estimate of drug-likeness (QED) is 0.917. The molecule has 1 unspecified atom stereocenters. The van der Waals surface area contributed by atoms with Gasteiger partial charge < -0.3 is 5.11 Å². The molecule has 1 aromatic rings. The Kier molecular flexibility index (Phi) is 5.03. The molecule has 0 aromatic carbocycles. The van der Waals surface area contributed by atoms with E-state index in [1.54, 1.807) is 6.20 Å². The molecule has 1 aliphatic rings. The molecule has 1 atom stereocenters. The van der Waals surface area contributed by atoms with Crippen LogP contribution >= 0.6 is 27.7 Å². The van der Waals surface area contributed by atoms with Gasteiger partial charge in [0.05, 0.1) is 12.1 Å². The molecule has 0 aliphatic carbocycles. The predicted octanol–water partition coefficient (Wildman–Crippen LogP) is 2.24. The van der Waals surface area contributed by atoms with Crippen LogP contribution in [0.2, 0.25) is 0 Å². The first-order chi connectivity index (χ1) is 8.65. The molecule has 1 fully saturated rings. The summed E-state index contributed by atoms with van der Waals surface area (Å²) in [7, 11) is 0. The van der Waals surface area contributed by atoms with Crippen LogP contribution in [0.15, 0.2) is 22.8 Å². The van der Waals surface area contributed by atoms with Crippen molar-refractivity contribution in [3.8, 4) is 0 Å². The molecule has 0 bridgehead atoms. The highest BCUT2D eigenvalue weighted by molar-refractivity contribution is 9.10. The number of hydrogen-bond donors (Lipinski definition) is 1. The lowest BCUT2D eigenvalue weighted by molar-refractivity contribution is -0.138. The molecule has 6 heteroatoms. The van der Waals surface area contributed by atoms with Gasteiger partial charge in [-0.25, -0.2) is 0 Å². The van der Waals surface area contributed by atoms with Crippen molar-refractivity contribution in [3.05, 3.63) is 28.5 Å². The summed E-state index contributed by atoms with van der Waals surface area (Å²) in [6, 6.07) is 4.06. The first-order valence-electron chi connectivity index (χ1n) is 5.79. The second-order valence-electron chi connectivity index (χ2n) is 4.26. The van der Waals surface area contributed by atoms with Crippen LogP contribution in [0.25, 0.3) is 0 Å². The fourth-order valence-electron chi connectivity index (χ4n) is 1.99. The second-order valence-corrected chi connectivity index (χ2v) is 6.33. The summed E-state index contributed by atoms with van der Waals surface area (Å²) in [6.07, 6.45) is 1.99. The number of aromatic nitrogens is 1. The summed E-state index contributed by atoms with van der Waals surface area (Å²) >= 11 is 5.19. The van der Waals surface area contributed by atoms with Crippen molar-refractivity contribution in [1.29, 1.82) is 0 Å². The molecular weight excluding hydrogens is 316 g/mol. The number of carbonyl (C=O) groups is 1. The van der Waals surface area contributed by atoms with E-state index in [-0.39, 0.29) is 12.5 Å². The summed E-state index contributed by atoms with van der Waals surface area (Å²) in [5, 5.41) is 8.93. The van der Waals surface area contributed by atoms with Gasteiger partial charge in [-0.3, -0.25) is 14.7 Å². The van der Waals surface area contributed by atoms with Crippen molar-refractivity contribution in [1.82, 2.24) is 9.88 Å². The van der Waals surface area contributed by atoms with Gasteiger partial charge in [-0.1, -0.05) is 0 Å². The summed E-state index contributed by atoms with van der Waals surface area (Å²) in [5.74, 6) is 1.23. The van der Waals surface area contributed by atoms with Crippen molar-refractivity contribution in [3.63, 3.8) is 0 Å². The third-order valence-electron chi connectivity index (χ3n) is 2.91. The van der Waals surface area contributed by atoms with Crippen LogP contribution in [0, 0.1) is 0 Å². The number of carboxylic acids is 1. The third kappa shape index (κ3) is 3.96. The van der Waals surface area contributed by atoms with E-state index < -0.39 is 5.97 Å². The largest absolute Gasteiger partial charge is 0.481 e. The number of rotatable bonds is 4. The normalized spacial score (nSPS) is 20.8. The van der Waals surface area contributed by atoms with Gasteiger partial charge in [-0.2, -0.15) is 11.8 Å². The minimum Gasteiger partial charge on any atom is -0.481 e. The smallest absolute Gasteiger partial charge is 0.304 e. The van der Waals surface area contributed by atoms with Crippen LogP contribution in [0.5, 0.6) is 0 Å². The van der Waals surface area contributed by atoms with E-state index in [9.17, 15) is 4.79 Å². The molecule has 0 spiro atoms. The number of aliphatic carboxylic acids is 1. The minimum absolute atomic E-state index is 0.117. The average Bonchev–Trinajstić information content (AvgIpc) is 2.34. The van der Waals surface area contributed by atoms with Gasteiger partial charge in [0.15, 0.2) is 0 Å². The molecule has 2 heterocycles.